The maximum absolute atomic E-state index is 3.54. The summed E-state index contributed by atoms with van der Waals surface area (Å²) < 4.78 is 0. The molecule has 1 nitrogen and oxygen atoms in total. The van der Waals surface area contributed by atoms with Gasteiger partial charge >= 0.3 is 0 Å². The molecule has 1 N–H and O–H groups in total. The fourth-order valence-electron chi connectivity index (χ4n) is 5.52. The van der Waals surface area contributed by atoms with Gasteiger partial charge in [0.25, 0.3) is 0 Å². The largest absolute Gasteiger partial charge is 0.349 e. The van der Waals surface area contributed by atoms with Crippen LogP contribution in [0, 0.1) is 12.1 Å². The Morgan fingerprint density at radius 1 is 0.606 bits per heavy atom. The molecule has 2 heteroatoms. The van der Waals surface area contributed by atoms with E-state index in [2.05, 4.69) is 108 Å². The standard InChI is InChI=1S/C31H19NS/c1-2-10-21(11-3-1)32-22-18-19-30-28(20-22)31(27-16-8-9-17-29(27)33-30)25-14-6-4-12-23(25)24-13-5-7-15-26(24)31/h1-2,4-10,12-20,32H. The van der Waals surface area contributed by atoms with Gasteiger partial charge in [0.15, 0.2) is 0 Å². The van der Waals surface area contributed by atoms with Crippen LogP contribution in [0.4, 0.5) is 11.4 Å². The number of hydrogen-bond acceptors (Lipinski definition) is 2. The van der Waals surface area contributed by atoms with E-state index in [0.29, 0.717) is 0 Å². The molecule has 0 fully saturated rings. The lowest BCUT2D eigenvalue weighted by Crippen LogP contribution is -2.32. The van der Waals surface area contributed by atoms with Gasteiger partial charge in [-0.25, -0.2) is 0 Å². The minimum atomic E-state index is -0.339. The molecule has 5 aromatic carbocycles. The van der Waals surface area contributed by atoms with Crippen LogP contribution in [0.15, 0.2) is 119 Å². The number of nitrogens with one attached hydrogen (secondary N) is 1. The Balaban J connectivity index is 1.55. The lowest BCUT2D eigenvalue weighted by atomic mass is 9.67. The van der Waals surface area contributed by atoms with Gasteiger partial charge in [0.2, 0.25) is 0 Å². The molecule has 5 aromatic rings. The maximum Gasteiger partial charge on any atom is 0.0901 e. The lowest BCUT2D eigenvalue weighted by molar-refractivity contribution is 0.723. The average molecular weight is 438 g/mol. The van der Waals surface area contributed by atoms with Crippen LogP contribution in [-0.4, -0.2) is 0 Å². The molecule has 0 saturated heterocycles. The number of rotatable bonds is 2. The second-order valence-electron chi connectivity index (χ2n) is 8.48. The minimum absolute atomic E-state index is 0.339. The van der Waals surface area contributed by atoms with Crippen molar-refractivity contribution < 1.29 is 0 Å². The zero-order valence-electron chi connectivity index (χ0n) is 17.8. The maximum atomic E-state index is 3.54. The van der Waals surface area contributed by atoms with Crippen LogP contribution in [0.25, 0.3) is 11.1 Å². The first-order valence-corrected chi connectivity index (χ1v) is 11.9. The Bertz CT molecular complexity index is 1470. The van der Waals surface area contributed by atoms with Crippen molar-refractivity contribution >= 4 is 23.1 Å². The summed E-state index contributed by atoms with van der Waals surface area (Å²) in [4.78, 5) is 2.62. The third-order valence-corrected chi connectivity index (χ3v) is 7.93. The number of anilines is 2. The highest BCUT2D eigenvalue weighted by atomic mass is 32.2. The highest BCUT2D eigenvalue weighted by Crippen LogP contribution is 2.62. The van der Waals surface area contributed by atoms with Gasteiger partial charge in [0.05, 0.1) is 11.1 Å². The molecule has 0 atom stereocenters. The second-order valence-corrected chi connectivity index (χ2v) is 9.57. The predicted octanol–water partition coefficient (Wildman–Crippen LogP) is 7.86. The van der Waals surface area contributed by atoms with Gasteiger partial charge in [0.1, 0.15) is 0 Å². The van der Waals surface area contributed by atoms with E-state index >= 15 is 0 Å². The van der Waals surface area contributed by atoms with Crippen molar-refractivity contribution in [2.75, 3.05) is 5.32 Å². The van der Waals surface area contributed by atoms with Crippen molar-refractivity contribution in [3.05, 3.63) is 144 Å². The second kappa shape index (κ2) is 7.04. The number of hydrogen-bond donors (Lipinski definition) is 1. The van der Waals surface area contributed by atoms with Gasteiger partial charge in [0, 0.05) is 15.5 Å². The van der Waals surface area contributed by atoms with Crippen molar-refractivity contribution in [2.24, 2.45) is 0 Å². The Kier molecular flexibility index (Phi) is 3.97. The Morgan fingerprint density at radius 3 is 2.00 bits per heavy atom. The molecular weight excluding hydrogens is 418 g/mol. The smallest absolute Gasteiger partial charge is 0.0901 e. The molecule has 0 bridgehead atoms. The van der Waals surface area contributed by atoms with Gasteiger partial charge < -0.3 is 5.32 Å². The van der Waals surface area contributed by atoms with Crippen molar-refractivity contribution in [1.29, 1.82) is 0 Å². The van der Waals surface area contributed by atoms with Crippen molar-refractivity contribution in [3.8, 4) is 11.1 Å². The van der Waals surface area contributed by atoms with E-state index in [4.69, 9.17) is 0 Å². The van der Waals surface area contributed by atoms with Gasteiger partial charge in [-0.2, -0.15) is 0 Å². The number of fused-ring (bicyclic) bond motifs is 9. The molecule has 1 heterocycles. The Morgan fingerprint density at radius 2 is 1.27 bits per heavy atom. The summed E-state index contributed by atoms with van der Waals surface area (Å²) in [6.45, 7) is 0. The van der Waals surface area contributed by atoms with Crippen molar-refractivity contribution in [3.63, 3.8) is 0 Å². The molecule has 0 aromatic heterocycles. The third-order valence-electron chi connectivity index (χ3n) is 6.78. The van der Waals surface area contributed by atoms with Crippen molar-refractivity contribution in [1.82, 2.24) is 0 Å². The SMILES string of the molecule is c1cccc(Nc2ccc3c(c2)C2(c4ccccc4S3)c3ccccc3-c3ccccc32)c#1. The van der Waals surface area contributed by atoms with E-state index in [1.54, 1.807) is 0 Å². The predicted molar refractivity (Wildman–Crippen MR) is 135 cm³/mol. The van der Waals surface area contributed by atoms with Crippen LogP contribution >= 0.6 is 11.8 Å². The van der Waals surface area contributed by atoms with Crippen LogP contribution in [-0.2, 0) is 5.41 Å². The quantitative estimate of drug-likeness (QED) is 0.295. The summed E-state index contributed by atoms with van der Waals surface area (Å²) in [5.41, 5.74) is 9.69. The first-order chi connectivity index (χ1) is 16.4. The van der Waals surface area contributed by atoms with Gasteiger partial charge in [-0.3, -0.25) is 0 Å². The highest BCUT2D eigenvalue weighted by Gasteiger charge is 2.50. The zero-order valence-corrected chi connectivity index (χ0v) is 18.6. The third kappa shape index (κ3) is 2.58. The molecule has 0 amide bonds. The summed E-state index contributed by atoms with van der Waals surface area (Å²) in [6.07, 6.45) is 0. The molecule has 1 spiro atoms. The van der Waals surface area contributed by atoms with E-state index in [1.807, 2.05) is 30.0 Å². The van der Waals surface area contributed by atoms with E-state index in [-0.39, 0.29) is 5.41 Å². The molecule has 1 aliphatic heterocycles. The molecule has 154 valence electrons. The van der Waals surface area contributed by atoms with E-state index < -0.39 is 0 Å². The van der Waals surface area contributed by atoms with Gasteiger partial charge in [-0.15, -0.1) is 0 Å². The van der Waals surface area contributed by atoms with Crippen LogP contribution in [0.2, 0.25) is 0 Å². The molecular formula is C31H19NS. The fourth-order valence-corrected chi connectivity index (χ4v) is 6.69. The Labute approximate surface area is 198 Å². The topological polar surface area (TPSA) is 12.0 Å². The minimum Gasteiger partial charge on any atom is -0.349 e. The summed E-state index contributed by atoms with van der Waals surface area (Å²) in [5, 5.41) is 3.54. The highest BCUT2D eigenvalue weighted by molar-refractivity contribution is 7.99. The molecule has 0 radical (unpaired) electrons. The number of benzene rings is 4. The molecule has 2 aliphatic rings. The van der Waals surface area contributed by atoms with Gasteiger partial charge in [-0.1, -0.05) is 90.6 Å². The fraction of sp³-hybridized carbons (Fsp3) is 0.0323. The molecule has 0 unspecified atom stereocenters. The van der Waals surface area contributed by atoms with Crippen LogP contribution < -0.4 is 5.32 Å². The van der Waals surface area contributed by atoms with E-state index in [9.17, 15) is 0 Å². The van der Waals surface area contributed by atoms with E-state index in [0.717, 1.165) is 11.4 Å². The molecule has 0 saturated carbocycles. The van der Waals surface area contributed by atoms with Crippen LogP contribution in [0.1, 0.15) is 22.3 Å². The monoisotopic (exact) mass is 437 g/mol. The van der Waals surface area contributed by atoms with Gasteiger partial charge in [-0.05, 0) is 75.8 Å². The van der Waals surface area contributed by atoms with Crippen LogP contribution in [0.3, 0.4) is 0 Å². The molecule has 33 heavy (non-hydrogen) atoms. The first-order valence-electron chi connectivity index (χ1n) is 11.1. The summed E-state index contributed by atoms with van der Waals surface area (Å²) >= 11 is 1.87. The summed E-state index contributed by atoms with van der Waals surface area (Å²) in [6, 6.07) is 45.5. The summed E-state index contributed by atoms with van der Waals surface area (Å²) in [7, 11) is 0. The lowest BCUT2D eigenvalue weighted by Gasteiger charge is -2.39. The van der Waals surface area contributed by atoms with Crippen molar-refractivity contribution in [2.45, 2.75) is 15.2 Å². The van der Waals surface area contributed by atoms with Crippen LogP contribution in [0.5, 0.6) is 0 Å². The summed E-state index contributed by atoms with van der Waals surface area (Å²) in [5.74, 6) is 0. The average Bonchev–Trinajstić information content (AvgIpc) is 3.17. The molecule has 1 aliphatic carbocycles. The Hall–Kier alpha value is -3.93. The zero-order chi connectivity index (χ0) is 21.8. The normalized spacial score (nSPS) is 13.9. The first kappa shape index (κ1) is 18.6. The van der Waals surface area contributed by atoms with E-state index in [1.165, 1.54) is 43.2 Å². The molecule has 7 rings (SSSR count).